The van der Waals surface area contributed by atoms with E-state index in [1.165, 1.54) is 44.9 Å². The summed E-state index contributed by atoms with van der Waals surface area (Å²) in [5, 5.41) is 2.81. The van der Waals surface area contributed by atoms with Gasteiger partial charge in [0.05, 0.1) is 34.3 Å². The molecule has 0 fully saturated rings. The summed E-state index contributed by atoms with van der Waals surface area (Å²) >= 11 is 0. The number of nitrogens with one attached hydrogen (secondary N) is 1. The topological polar surface area (TPSA) is 95.5 Å². The molecule has 0 rings (SSSR count). The van der Waals surface area contributed by atoms with Gasteiger partial charge in [0, 0.05) is 18.5 Å². The highest BCUT2D eigenvalue weighted by Gasteiger charge is 2.06. The average Bonchev–Trinajstić information content (AvgIpc) is 2.62. The molecule has 0 radical (unpaired) electrons. The Kier molecular flexibility index (Phi) is 19.5. The Morgan fingerprint density at radius 3 is 1.80 bits per heavy atom. The quantitative estimate of drug-likeness (QED) is 0.118. The lowest BCUT2D eigenvalue weighted by atomic mass is 10.1. The predicted octanol–water partition coefficient (Wildman–Crippen LogP) is 4.16. The average molecular weight is 451 g/mol. The second kappa shape index (κ2) is 18.8. The molecule has 0 aliphatic rings. The molecule has 0 aromatic heterocycles. The van der Waals surface area contributed by atoms with E-state index in [1.807, 2.05) is 0 Å². The summed E-state index contributed by atoms with van der Waals surface area (Å²) in [6.45, 7) is 9.33. The Labute approximate surface area is 185 Å². The van der Waals surface area contributed by atoms with Gasteiger partial charge in [0.2, 0.25) is 16.3 Å². The summed E-state index contributed by atoms with van der Waals surface area (Å²) in [5.41, 5.74) is 0.574. The second-order valence-corrected chi connectivity index (χ2v) is 9.87. The molecule has 0 spiro atoms. The van der Waals surface area contributed by atoms with Crippen LogP contribution in [-0.4, -0.2) is 64.2 Å². The van der Waals surface area contributed by atoms with Crippen LogP contribution in [0.1, 0.15) is 84.5 Å². The summed E-state index contributed by atoms with van der Waals surface area (Å²) in [6, 6.07) is 0. The fourth-order valence-corrected chi connectivity index (χ4v) is 2.98. The minimum Gasteiger partial charge on any atom is -0.726 e. The Morgan fingerprint density at radius 2 is 1.40 bits per heavy atom. The SMILES string of the molecule is C=C(C)C(=O)NCCC[N+](C)(C)C.CCCCCCCCCCCCOS(=O)(=O)[O-]. The van der Waals surface area contributed by atoms with Crippen LogP contribution in [0.2, 0.25) is 0 Å². The maximum Gasteiger partial charge on any atom is 0.246 e. The molecular formula is C22H46N2O5S. The highest BCUT2D eigenvalue weighted by molar-refractivity contribution is 7.80. The van der Waals surface area contributed by atoms with Crippen LogP contribution < -0.4 is 5.32 Å². The molecule has 0 bridgehead atoms. The number of nitrogens with zero attached hydrogens (tertiary/aromatic N) is 1. The van der Waals surface area contributed by atoms with Crippen molar-refractivity contribution in [2.45, 2.75) is 84.5 Å². The smallest absolute Gasteiger partial charge is 0.246 e. The summed E-state index contributed by atoms with van der Waals surface area (Å²) in [7, 11) is 1.93. The van der Waals surface area contributed by atoms with Gasteiger partial charge in [0.25, 0.3) is 0 Å². The molecule has 1 amide bonds. The van der Waals surface area contributed by atoms with Crippen LogP contribution in [0.3, 0.4) is 0 Å². The van der Waals surface area contributed by atoms with Crippen molar-refractivity contribution in [2.24, 2.45) is 0 Å². The van der Waals surface area contributed by atoms with E-state index in [9.17, 15) is 17.8 Å². The lowest BCUT2D eigenvalue weighted by Crippen LogP contribution is -2.37. The largest absolute Gasteiger partial charge is 0.726 e. The van der Waals surface area contributed by atoms with Gasteiger partial charge >= 0.3 is 0 Å². The lowest BCUT2D eigenvalue weighted by molar-refractivity contribution is -0.870. The van der Waals surface area contributed by atoms with Crippen LogP contribution in [0.25, 0.3) is 0 Å². The van der Waals surface area contributed by atoms with Crippen molar-refractivity contribution in [1.29, 1.82) is 0 Å². The maximum atomic E-state index is 11.1. The Balaban J connectivity index is 0. The van der Waals surface area contributed by atoms with E-state index in [1.54, 1.807) is 6.92 Å². The van der Waals surface area contributed by atoms with Gasteiger partial charge in [-0.2, -0.15) is 0 Å². The highest BCUT2D eigenvalue weighted by Crippen LogP contribution is 2.10. The van der Waals surface area contributed by atoms with E-state index in [0.29, 0.717) is 12.0 Å². The standard InChI is InChI=1S/C12H26O4S.C10H20N2O/c1-2-3-4-5-6-7-8-9-10-11-12-16-17(13,14)15;1-9(2)10(13)11-7-6-8-12(3,4)5/h2-12H2,1H3,(H,13,14,15);1,6-8H2,2-5H3. The Morgan fingerprint density at radius 1 is 0.933 bits per heavy atom. The van der Waals surface area contributed by atoms with E-state index in [4.69, 9.17) is 0 Å². The van der Waals surface area contributed by atoms with Crippen LogP contribution in [0.4, 0.5) is 0 Å². The molecule has 0 saturated carbocycles. The normalized spacial score (nSPS) is 11.5. The molecule has 30 heavy (non-hydrogen) atoms. The first-order chi connectivity index (χ1) is 13.9. The third kappa shape index (κ3) is 29.2. The number of unbranched alkanes of at least 4 members (excludes halogenated alkanes) is 9. The first kappa shape index (κ1) is 31.2. The van der Waals surface area contributed by atoms with Crippen LogP contribution in [0, 0.1) is 0 Å². The minimum absolute atomic E-state index is 0.0301. The van der Waals surface area contributed by atoms with E-state index in [-0.39, 0.29) is 12.5 Å². The zero-order valence-corrected chi connectivity index (χ0v) is 20.8. The first-order valence-corrected chi connectivity index (χ1v) is 12.6. The molecule has 0 aromatic rings. The highest BCUT2D eigenvalue weighted by atomic mass is 32.3. The van der Waals surface area contributed by atoms with Crippen molar-refractivity contribution in [3.63, 3.8) is 0 Å². The van der Waals surface area contributed by atoms with Crippen molar-refractivity contribution < 1.29 is 26.4 Å². The number of hydrogen-bond donors (Lipinski definition) is 1. The number of carbonyl (C=O) groups is 1. The fraction of sp³-hybridized carbons (Fsp3) is 0.864. The molecule has 0 unspecified atom stereocenters. The summed E-state index contributed by atoms with van der Waals surface area (Å²) in [5.74, 6) is -0.0404. The van der Waals surface area contributed by atoms with Crippen LogP contribution in [0.5, 0.6) is 0 Å². The van der Waals surface area contributed by atoms with Gasteiger partial charge in [0.15, 0.2) is 0 Å². The monoisotopic (exact) mass is 450 g/mol. The van der Waals surface area contributed by atoms with Crippen molar-refractivity contribution >= 4 is 16.3 Å². The number of amides is 1. The van der Waals surface area contributed by atoms with Crippen molar-refractivity contribution in [2.75, 3.05) is 40.8 Å². The fourth-order valence-electron chi connectivity index (χ4n) is 2.66. The first-order valence-electron chi connectivity index (χ1n) is 11.2. The second-order valence-electron chi connectivity index (χ2n) is 8.82. The Hall–Kier alpha value is -0.960. The maximum absolute atomic E-state index is 11.1. The third-order valence-electron chi connectivity index (χ3n) is 4.40. The van der Waals surface area contributed by atoms with Gasteiger partial charge in [-0.3, -0.25) is 8.98 Å². The molecule has 1 N–H and O–H groups in total. The van der Waals surface area contributed by atoms with Crippen molar-refractivity contribution in [1.82, 2.24) is 5.32 Å². The van der Waals surface area contributed by atoms with Crippen molar-refractivity contribution in [3.8, 4) is 0 Å². The summed E-state index contributed by atoms with van der Waals surface area (Å²) < 4.78 is 35.4. The van der Waals surface area contributed by atoms with Crippen LogP contribution in [-0.2, 0) is 19.4 Å². The van der Waals surface area contributed by atoms with E-state index in [2.05, 4.69) is 44.1 Å². The summed E-state index contributed by atoms with van der Waals surface area (Å²) in [6.07, 6.45) is 12.7. The van der Waals surface area contributed by atoms with E-state index >= 15 is 0 Å². The van der Waals surface area contributed by atoms with Crippen LogP contribution in [0.15, 0.2) is 12.2 Å². The van der Waals surface area contributed by atoms with Crippen molar-refractivity contribution in [3.05, 3.63) is 12.2 Å². The predicted molar refractivity (Wildman–Crippen MR) is 123 cm³/mol. The van der Waals surface area contributed by atoms with Gasteiger partial charge in [0.1, 0.15) is 0 Å². The van der Waals surface area contributed by atoms with Gasteiger partial charge < -0.3 is 14.4 Å². The molecule has 8 heteroatoms. The minimum atomic E-state index is -4.48. The van der Waals surface area contributed by atoms with Gasteiger partial charge in [-0.15, -0.1) is 0 Å². The van der Waals surface area contributed by atoms with E-state index < -0.39 is 10.4 Å². The van der Waals surface area contributed by atoms with Gasteiger partial charge in [-0.25, -0.2) is 8.42 Å². The zero-order valence-electron chi connectivity index (χ0n) is 20.0. The van der Waals surface area contributed by atoms with Gasteiger partial charge in [-0.1, -0.05) is 71.3 Å². The molecule has 0 aliphatic carbocycles. The molecule has 0 saturated heterocycles. The lowest BCUT2D eigenvalue weighted by Gasteiger charge is -2.23. The summed E-state index contributed by atoms with van der Waals surface area (Å²) in [4.78, 5) is 11.1. The molecule has 0 heterocycles. The van der Waals surface area contributed by atoms with E-state index in [0.717, 1.165) is 36.8 Å². The molecule has 0 atom stereocenters. The van der Waals surface area contributed by atoms with Gasteiger partial charge in [-0.05, 0) is 13.3 Å². The van der Waals surface area contributed by atoms with Crippen LogP contribution >= 0.6 is 0 Å². The number of rotatable bonds is 17. The molecular weight excluding hydrogens is 404 g/mol. The zero-order chi connectivity index (χ0) is 23.5. The number of hydrogen-bond acceptors (Lipinski definition) is 5. The molecule has 0 aliphatic heterocycles. The third-order valence-corrected chi connectivity index (χ3v) is 4.86. The number of carbonyl (C=O) groups excluding carboxylic acids is 1. The molecule has 0 aromatic carbocycles. The molecule has 7 nitrogen and oxygen atoms in total. The Bertz CT molecular complexity index is 542. The molecule has 180 valence electrons. The number of quaternary nitrogens is 1.